The van der Waals surface area contributed by atoms with Crippen molar-refractivity contribution in [1.29, 1.82) is 0 Å². The van der Waals surface area contributed by atoms with Gasteiger partial charge in [0.05, 0.1) is 17.7 Å². The number of rotatable bonds is 10. The highest BCUT2D eigenvalue weighted by Gasteiger charge is 2.33. The minimum Gasteiger partial charge on any atom is -0.380 e. The maximum Gasteiger partial charge on any atom is 0.414 e. The molecule has 1 aromatic heterocycles. The average molecular weight is 404 g/mol. The van der Waals surface area contributed by atoms with Crippen LogP contribution in [0.4, 0.5) is 13.2 Å². The zero-order chi connectivity index (χ0) is 20.4. The summed E-state index contributed by atoms with van der Waals surface area (Å²) in [6.07, 6.45) is 2.65. The van der Waals surface area contributed by atoms with E-state index >= 15 is 0 Å². The van der Waals surface area contributed by atoms with Crippen LogP contribution in [0.1, 0.15) is 60.8 Å². The van der Waals surface area contributed by atoms with Crippen molar-refractivity contribution in [3.8, 4) is 0 Å². The summed E-state index contributed by atoms with van der Waals surface area (Å²) in [6.45, 7) is 5.17. The van der Waals surface area contributed by atoms with Gasteiger partial charge in [-0.2, -0.15) is 13.2 Å². The molecule has 1 heterocycles. The van der Waals surface area contributed by atoms with Crippen LogP contribution in [0, 0.1) is 0 Å². The van der Waals surface area contributed by atoms with E-state index < -0.39 is 18.4 Å². The summed E-state index contributed by atoms with van der Waals surface area (Å²) in [5.74, 6) is -0.374. The van der Waals surface area contributed by atoms with E-state index in [0.29, 0.717) is 5.56 Å². The largest absolute Gasteiger partial charge is 0.414 e. The highest BCUT2D eigenvalue weighted by molar-refractivity contribution is 7.10. The second-order valence-corrected chi connectivity index (χ2v) is 7.12. The lowest BCUT2D eigenvalue weighted by Crippen LogP contribution is -2.24. The molecule has 0 aliphatic carbocycles. The molecule has 0 atom stereocenters. The first kappa shape index (κ1) is 23.4. The number of amides is 1. The highest BCUT2D eigenvalue weighted by Crippen LogP contribution is 2.28. The maximum absolute atomic E-state index is 13.1. The molecule has 1 rings (SSSR count). The minimum atomic E-state index is -4.52. The number of hydrogen-bond donors (Lipinski definition) is 1. The summed E-state index contributed by atoms with van der Waals surface area (Å²) in [4.78, 5) is 13.9. The number of halogens is 3. The molecule has 0 bridgehead atoms. The second kappa shape index (κ2) is 11.3. The molecule has 152 valence electrons. The third-order valence-corrected chi connectivity index (χ3v) is 5.31. The van der Waals surface area contributed by atoms with Crippen molar-refractivity contribution >= 4 is 17.2 Å². The van der Waals surface area contributed by atoms with E-state index in [9.17, 15) is 18.0 Å². The lowest BCUT2D eigenvalue weighted by atomic mass is 10.0. The van der Waals surface area contributed by atoms with Gasteiger partial charge in [0.25, 0.3) is 5.91 Å². The zero-order valence-corrected chi connectivity index (χ0v) is 17.1. The van der Waals surface area contributed by atoms with Crippen LogP contribution in [0.2, 0.25) is 0 Å². The smallest absolute Gasteiger partial charge is 0.380 e. The van der Waals surface area contributed by atoms with Gasteiger partial charge in [-0.15, -0.1) is 11.3 Å². The first-order valence-corrected chi connectivity index (χ1v) is 9.99. The van der Waals surface area contributed by atoms with Crippen molar-refractivity contribution in [2.75, 3.05) is 13.7 Å². The van der Waals surface area contributed by atoms with Gasteiger partial charge in [-0.25, -0.2) is 0 Å². The Morgan fingerprint density at radius 2 is 2.00 bits per heavy atom. The summed E-state index contributed by atoms with van der Waals surface area (Å²) in [7, 11) is 1.20. The molecule has 0 unspecified atom stereocenters. The highest BCUT2D eigenvalue weighted by atomic mass is 32.1. The molecule has 0 fully saturated rings. The van der Waals surface area contributed by atoms with Gasteiger partial charge in [0.2, 0.25) is 0 Å². The molecule has 27 heavy (non-hydrogen) atoms. The van der Waals surface area contributed by atoms with Crippen molar-refractivity contribution in [2.45, 2.75) is 59.1 Å². The molecule has 0 aromatic carbocycles. The first-order chi connectivity index (χ1) is 12.8. The normalized spacial score (nSPS) is 13.1. The van der Waals surface area contributed by atoms with Crippen LogP contribution < -0.4 is 5.32 Å². The van der Waals surface area contributed by atoms with E-state index in [1.54, 1.807) is 12.3 Å². The Bertz CT molecular complexity index is 675. The van der Waals surface area contributed by atoms with E-state index in [4.69, 9.17) is 0 Å². The van der Waals surface area contributed by atoms with Gasteiger partial charge in [-0.1, -0.05) is 32.8 Å². The summed E-state index contributed by atoms with van der Waals surface area (Å²) in [6, 6.07) is 0. The van der Waals surface area contributed by atoms with Crippen molar-refractivity contribution < 1.29 is 22.7 Å². The van der Waals surface area contributed by atoms with Crippen LogP contribution in [0.3, 0.4) is 0 Å². The SMILES string of the molecule is C/C=C(\C=C(/COC)C(F)(F)F)NC(=O)c1csc(CC)c1CCCCC. The monoisotopic (exact) mass is 403 g/mol. The van der Waals surface area contributed by atoms with Gasteiger partial charge < -0.3 is 10.1 Å². The van der Waals surface area contributed by atoms with Crippen LogP contribution in [0.5, 0.6) is 0 Å². The molecular formula is C20H28F3NO2S. The van der Waals surface area contributed by atoms with Gasteiger partial charge in [0.15, 0.2) is 0 Å². The lowest BCUT2D eigenvalue weighted by Gasteiger charge is -2.13. The number of carbonyl (C=O) groups excluding carboxylic acids is 1. The predicted molar refractivity (Wildman–Crippen MR) is 104 cm³/mol. The first-order valence-electron chi connectivity index (χ1n) is 9.11. The van der Waals surface area contributed by atoms with E-state index in [0.717, 1.165) is 48.6 Å². The fourth-order valence-corrected chi connectivity index (χ4v) is 3.70. The predicted octanol–water partition coefficient (Wildman–Crippen LogP) is 5.81. The van der Waals surface area contributed by atoms with Crippen LogP contribution in [0.25, 0.3) is 0 Å². The number of aryl methyl sites for hydroxylation is 1. The summed E-state index contributed by atoms with van der Waals surface area (Å²) in [5.41, 5.74) is 0.830. The quantitative estimate of drug-likeness (QED) is 0.395. The van der Waals surface area contributed by atoms with Crippen LogP contribution >= 0.6 is 11.3 Å². The number of thiophene rings is 1. The van der Waals surface area contributed by atoms with Crippen LogP contribution in [-0.2, 0) is 17.6 Å². The van der Waals surface area contributed by atoms with Crippen molar-refractivity contribution in [1.82, 2.24) is 5.32 Å². The third-order valence-electron chi connectivity index (χ3n) is 4.14. The molecular weight excluding hydrogens is 375 g/mol. The number of unbranched alkanes of at least 4 members (excludes halogenated alkanes) is 2. The van der Waals surface area contributed by atoms with Gasteiger partial charge in [-0.05, 0) is 37.8 Å². The standard InChI is InChI=1S/C20H28F3NO2S/c1-5-8-9-10-16-17(13-27-18(16)7-3)19(25)24-15(6-2)11-14(12-26-4)20(21,22)23/h6,11,13H,5,7-10,12H2,1-4H3,(H,24,25)/b14-11+,15-6+. The van der Waals surface area contributed by atoms with E-state index in [-0.39, 0.29) is 11.6 Å². The molecule has 1 N–H and O–H groups in total. The number of ether oxygens (including phenoxy) is 1. The van der Waals surface area contributed by atoms with Crippen molar-refractivity contribution in [2.24, 2.45) is 0 Å². The number of alkyl halides is 3. The van der Waals surface area contributed by atoms with Gasteiger partial charge in [0, 0.05) is 23.1 Å². The van der Waals surface area contributed by atoms with Crippen LogP contribution in [-0.4, -0.2) is 25.8 Å². The fourth-order valence-electron chi connectivity index (χ4n) is 2.67. The second-order valence-electron chi connectivity index (χ2n) is 6.16. The molecule has 0 aliphatic rings. The Labute approximate surface area is 163 Å². The Kier molecular flexibility index (Phi) is 9.80. The number of hydrogen-bond acceptors (Lipinski definition) is 3. The number of nitrogens with one attached hydrogen (secondary N) is 1. The number of methoxy groups -OCH3 is 1. The Hall–Kier alpha value is -1.60. The summed E-state index contributed by atoms with van der Waals surface area (Å²) < 4.78 is 43.8. The minimum absolute atomic E-state index is 0.105. The molecule has 0 saturated carbocycles. The topological polar surface area (TPSA) is 38.3 Å². The maximum atomic E-state index is 13.1. The van der Waals surface area contributed by atoms with Gasteiger partial charge >= 0.3 is 6.18 Å². The molecule has 7 heteroatoms. The van der Waals surface area contributed by atoms with E-state index in [1.165, 1.54) is 24.5 Å². The number of allylic oxidation sites excluding steroid dienone is 2. The zero-order valence-electron chi connectivity index (χ0n) is 16.3. The Balaban J connectivity index is 3.03. The fraction of sp³-hybridized carbons (Fsp3) is 0.550. The van der Waals surface area contributed by atoms with Crippen molar-refractivity contribution in [3.63, 3.8) is 0 Å². The molecule has 0 aliphatic heterocycles. The molecule has 0 saturated heterocycles. The molecule has 3 nitrogen and oxygen atoms in total. The Morgan fingerprint density at radius 3 is 2.52 bits per heavy atom. The van der Waals surface area contributed by atoms with Crippen molar-refractivity contribution in [3.05, 3.63) is 44.8 Å². The number of carbonyl (C=O) groups is 1. The molecule has 1 amide bonds. The van der Waals surface area contributed by atoms with Crippen LogP contribution in [0.15, 0.2) is 28.8 Å². The van der Waals surface area contributed by atoms with E-state index in [2.05, 4.69) is 17.0 Å². The van der Waals surface area contributed by atoms with E-state index in [1.807, 2.05) is 6.92 Å². The van der Waals surface area contributed by atoms with Gasteiger partial charge in [0.1, 0.15) is 0 Å². The van der Waals surface area contributed by atoms with Gasteiger partial charge in [-0.3, -0.25) is 4.79 Å². The lowest BCUT2D eigenvalue weighted by molar-refractivity contribution is -0.0991. The Morgan fingerprint density at radius 1 is 1.30 bits per heavy atom. The summed E-state index contributed by atoms with van der Waals surface area (Å²) in [5, 5.41) is 4.41. The molecule has 1 aromatic rings. The third kappa shape index (κ3) is 7.14. The summed E-state index contributed by atoms with van der Waals surface area (Å²) >= 11 is 1.53. The molecule has 0 spiro atoms. The molecule has 0 radical (unpaired) electrons. The average Bonchev–Trinajstić information content (AvgIpc) is 3.02.